The van der Waals surface area contributed by atoms with Crippen molar-refractivity contribution in [3.8, 4) is 11.8 Å². The van der Waals surface area contributed by atoms with Gasteiger partial charge in [0, 0.05) is 10.5 Å². The van der Waals surface area contributed by atoms with Crippen LogP contribution in [0.1, 0.15) is 17.4 Å². The van der Waals surface area contributed by atoms with Crippen LogP contribution in [-0.2, 0) is 4.74 Å². The second-order valence-corrected chi connectivity index (χ2v) is 5.19. The van der Waals surface area contributed by atoms with Gasteiger partial charge in [-0.15, -0.1) is 0 Å². The Bertz CT molecular complexity index is 644. The number of benzene rings is 1. The van der Waals surface area contributed by atoms with Crippen LogP contribution < -0.4 is 4.74 Å². The second-order valence-electron chi connectivity index (χ2n) is 3.52. The SMILES string of the molecule is CCOC(=O)c1coc(Oc2cc(Cl)c(Br)cc2Cl)n1. The Morgan fingerprint density at radius 2 is 2.15 bits per heavy atom. The standard InChI is InChI=1S/C12H8BrCl2NO4/c1-2-18-11(17)9-5-19-12(16-9)20-10-4-7(14)6(13)3-8(10)15/h3-5H,2H2,1H3. The van der Waals surface area contributed by atoms with E-state index >= 15 is 0 Å². The monoisotopic (exact) mass is 379 g/mol. The molecule has 0 unspecified atom stereocenters. The summed E-state index contributed by atoms with van der Waals surface area (Å²) in [7, 11) is 0. The van der Waals surface area contributed by atoms with E-state index in [2.05, 4.69) is 20.9 Å². The van der Waals surface area contributed by atoms with Crippen molar-refractivity contribution in [2.75, 3.05) is 6.61 Å². The maximum absolute atomic E-state index is 11.4. The first-order valence-electron chi connectivity index (χ1n) is 5.46. The number of nitrogens with zero attached hydrogens (tertiary/aromatic N) is 1. The Morgan fingerprint density at radius 1 is 1.40 bits per heavy atom. The zero-order valence-corrected chi connectivity index (χ0v) is 13.3. The third-order valence-electron chi connectivity index (χ3n) is 2.14. The number of hydrogen-bond donors (Lipinski definition) is 0. The summed E-state index contributed by atoms with van der Waals surface area (Å²) < 4.78 is 15.8. The van der Waals surface area contributed by atoms with Crippen molar-refractivity contribution in [1.29, 1.82) is 0 Å². The molecule has 8 heteroatoms. The van der Waals surface area contributed by atoms with Crippen LogP contribution in [0.5, 0.6) is 11.8 Å². The Labute approximate surface area is 132 Å². The van der Waals surface area contributed by atoms with E-state index in [0.29, 0.717) is 14.5 Å². The van der Waals surface area contributed by atoms with Crippen LogP contribution in [-0.4, -0.2) is 17.6 Å². The molecule has 106 valence electrons. The molecule has 0 bridgehead atoms. The largest absolute Gasteiger partial charge is 0.461 e. The van der Waals surface area contributed by atoms with E-state index in [4.69, 9.17) is 37.1 Å². The van der Waals surface area contributed by atoms with Gasteiger partial charge in [-0.25, -0.2) is 4.79 Å². The molecule has 0 fully saturated rings. The van der Waals surface area contributed by atoms with Gasteiger partial charge in [-0.3, -0.25) is 0 Å². The molecule has 0 spiro atoms. The van der Waals surface area contributed by atoms with Crippen molar-refractivity contribution < 1.29 is 18.7 Å². The molecule has 20 heavy (non-hydrogen) atoms. The first-order chi connectivity index (χ1) is 9.51. The van der Waals surface area contributed by atoms with Gasteiger partial charge in [0.1, 0.15) is 6.26 Å². The number of oxazole rings is 1. The molecule has 0 saturated heterocycles. The minimum absolute atomic E-state index is 0.0150. The maximum atomic E-state index is 11.4. The highest BCUT2D eigenvalue weighted by Crippen LogP contribution is 2.36. The van der Waals surface area contributed by atoms with Crippen molar-refractivity contribution in [1.82, 2.24) is 4.98 Å². The molecule has 0 saturated carbocycles. The average molecular weight is 381 g/mol. The molecule has 0 atom stereocenters. The van der Waals surface area contributed by atoms with E-state index in [9.17, 15) is 4.79 Å². The van der Waals surface area contributed by atoms with Crippen molar-refractivity contribution in [3.63, 3.8) is 0 Å². The summed E-state index contributed by atoms with van der Waals surface area (Å²) in [5, 5.41) is 0.735. The van der Waals surface area contributed by atoms with Gasteiger partial charge in [-0.05, 0) is 28.9 Å². The highest BCUT2D eigenvalue weighted by Gasteiger charge is 2.16. The first-order valence-corrected chi connectivity index (χ1v) is 7.01. The van der Waals surface area contributed by atoms with Gasteiger partial charge in [0.25, 0.3) is 0 Å². The number of rotatable bonds is 4. The van der Waals surface area contributed by atoms with Crippen LogP contribution >= 0.6 is 39.1 Å². The lowest BCUT2D eigenvalue weighted by molar-refractivity contribution is 0.0519. The van der Waals surface area contributed by atoms with Crippen molar-refractivity contribution in [3.05, 3.63) is 38.6 Å². The molecule has 1 heterocycles. The molecule has 1 aromatic heterocycles. The van der Waals surface area contributed by atoms with Crippen LogP contribution in [0.4, 0.5) is 0 Å². The number of carbonyl (C=O) groups excluding carboxylic acids is 1. The van der Waals surface area contributed by atoms with Crippen LogP contribution in [0.25, 0.3) is 0 Å². The Morgan fingerprint density at radius 3 is 2.85 bits per heavy atom. The van der Waals surface area contributed by atoms with Crippen molar-refractivity contribution in [2.24, 2.45) is 0 Å². The predicted molar refractivity (Wildman–Crippen MR) is 76.7 cm³/mol. The Balaban J connectivity index is 2.19. The topological polar surface area (TPSA) is 61.6 Å². The highest BCUT2D eigenvalue weighted by molar-refractivity contribution is 9.10. The quantitative estimate of drug-likeness (QED) is 0.567. The lowest BCUT2D eigenvalue weighted by Crippen LogP contribution is -2.04. The number of esters is 1. The Hall–Kier alpha value is -1.24. The summed E-state index contributed by atoms with van der Waals surface area (Å²) in [6.45, 7) is 1.94. The van der Waals surface area contributed by atoms with Gasteiger partial charge in [-0.2, -0.15) is 4.98 Å². The minimum atomic E-state index is -0.592. The van der Waals surface area contributed by atoms with Gasteiger partial charge in [0.2, 0.25) is 0 Å². The molecule has 0 radical (unpaired) electrons. The molecule has 5 nitrogen and oxygen atoms in total. The Kier molecular flexibility index (Phi) is 4.91. The smallest absolute Gasteiger partial charge is 0.399 e. The fourth-order valence-electron chi connectivity index (χ4n) is 1.28. The third-order valence-corrected chi connectivity index (χ3v) is 3.63. The predicted octanol–water partition coefficient (Wildman–Crippen LogP) is 4.71. The fraction of sp³-hybridized carbons (Fsp3) is 0.167. The summed E-state index contributed by atoms with van der Waals surface area (Å²) in [5.74, 6) is -0.330. The summed E-state index contributed by atoms with van der Waals surface area (Å²) in [4.78, 5) is 15.3. The molecular weight excluding hydrogens is 373 g/mol. The number of hydrogen-bond acceptors (Lipinski definition) is 5. The fourth-order valence-corrected chi connectivity index (χ4v) is 2.11. The molecule has 1 aromatic carbocycles. The molecule has 2 rings (SSSR count). The average Bonchev–Trinajstić information content (AvgIpc) is 2.85. The number of halogens is 3. The molecule has 0 aliphatic carbocycles. The summed E-state index contributed by atoms with van der Waals surface area (Å²) >= 11 is 15.2. The zero-order chi connectivity index (χ0) is 14.7. The van der Waals surface area contributed by atoms with Gasteiger partial charge >= 0.3 is 12.0 Å². The molecule has 0 N–H and O–H groups in total. The molecule has 0 amide bonds. The molecule has 0 aliphatic rings. The van der Waals surface area contributed by atoms with E-state index in [1.54, 1.807) is 13.0 Å². The van der Waals surface area contributed by atoms with Gasteiger partial charge in [0.05, 0.1) is 16.7 Å². The summed E-state index contributed by atoms with van der Waals surface area (Å²) in [5.41, 5.74) is 0.0150. The number of aromatic nitrogens is 1. The summed E-state index contributed by atoms with van der Waals surface area (Å²) in [6.07, 6.45) is 1.01. The lowest BCUT2D eigenvalue weighted by atomic mass is 10.3. The van der Waals surface area contributed by atoms with Crippen molar-refractivity contribution in [2.45, 2.75) is 6.92 Å². The zero-order valence-electron chi connectivity index (χ0n) is 10.2. The van der Waals surface area contributed by atoms with Crippen LogP contribution in [0.2, 0.25) is 10.0 Å². The van der Waals surface area contributed by atoms with Gasteiger partial charge in [-0.1, -0.05) is 23.2 Å². The van der Waals surface area contributed by atoms with E-state index < -0.39 is 5.97 Å². The van der Waals surface area contributed by atoms with Gasteiger partial charge in [0.15, 0.2) is 11.4 Å². The summed E-state index contributed by atoms with van der Waals surface area (Å²) in [6, 6.07) is 3.08. The minimum Gasteiger partial charge on any atom is -0.461 e. The molecule has 0 aliphatic heterocycles. The van der Waals surface area contributed by atoms with E-state index in [0.717, 1.165) is 6.26 Å². The third kappa shape index (κ3) is 3.45. The van der Waals surface area contributed by atoms with Gasteiger partial charge < -0.3 is 13.9 Å². The van der Waals surface area contributed by atoms with E-state index in [1.165, 1.54) is 6.07 Å². The normalized spacial score (nSPS) is 10.4. The first kappa shape index (κ1) is 15.2. The number of carbonyl (C=O) groups is 1. The second kappa shape index (κ2) is 6.47. The van der Waals surface area contributed by atoms with E-state index in [-0.39, 0.29) is 24.1 Å². The highest BCUT2D eigenvalue weighted by atomic mass is 79.9. The molecular formula is C12H8BrCl2NO4. The molecule has 2 aromatic rings. The van der Waals surface area contributed by atoms with Crippen LogP contribution in [0, 0.1) is 0 Å². The van der Waals surface area contributed by atoms with Crippen LogP contribution in [0.15, 0.2) is 27.3 Å². The van der Waals surface area contributed by atoms with Crippen LogP contribution in [0.3, 0.4) is 0 Å². The van der Waals surface area contributed by atoms with Crippen molar-refractivity contribution >= 4 is 45.1 Å². The number of ether oxygens (including phenoxy) is 2. The maximum Gasteiger partial charge on any atom is 0.399 e. The lowest BCUT2D eigenvalue weighted by Gasteiger charge is -2.05. The van der Waals surface area contributed by atoms with E-state index in [1.807, 2.05) is 0 Å².